The van der Waals surface area contributed by atoms with Gasteiger partial charge in [-0.15, -0.1) is 5.10 Å². The lowest BCUT2D eigenvalue weighted by molar-refractivity contribution is 0.551. The van der Waals surface area contributed by atoms with Crippen LogP contribution in [0.2, 0.25) is 0 Å². The van der Waals surface area contributed by atoms with Crippen molar-refractivity contribution in [3.8, 4) is 5.69 Å². The zero-order valence-electron chi connectivity index (χ0n) is 11.4. The number of hydrogen-bond acceptors (Lipinski definition) is 5. The van der Waals surface area contributed by atoms with Gasteiger partial charge in [0.1, 0.15) is 22.9 Å². The molecule has 0 aliphatic rings. The van der Waals surface area contributed by atoms with Crippen LogP contribution in [0.15, 0.2) is 53.7 Å². The first kappa shape index (κ1) is 15.0. The molecule has 0 bridgehead atoms. The Balaban J connectivity index is 1.93. The van der Waals surface area contributed by atoms with Crippen molar-refractivity contribution >= 4 is 15.7 Å². The molecule has 0 atom stereocenters. The summed E-state index contributed by atoms with van der Waals surface area (Å²) in [6.07, 6.45) is 1.34. The molecular formula is C13H9F2N5O2S. The number of benzene rings is 2. The van der Waals surface area contributed by atoms with Crippen LogP contribution in [0, 0.1) is 11.6 Å². The van der Waals surface area contributed by atoms with Gasteiger partial charge in [0, 0.05) is 6.07 Å². The molecule has 7 nitrogen and oxygen atoms in total. The molecule has 0 fully saturated rings. The summed E-state index contributed by atoms with van der Waals surface area (Å²) in [5.41, 5.74) is 0.691. The first-order valence-corrected chi connectivity index (χ1v) is 7.75. The van der Waals surface area contributed by atoms with E-state index >= 15 is 0 Å². The van der Waals surface area contributed by atoms with Crippen LogP contribution in [0.25, 0.3) is 5.69 Å². The van der Waals surface area contributed by atoms with Gasteiger partial charge >= 0.3 is 0 Å². The van der Waals surface area contributed by atoms with Crippen molar-refractivity contribution in [2.75, 3.05) is 4.72 Å². The molecule has 0 spiro atoms. The standard InChI is InChI=1S/C13H9F2N5O2S/c14-9-4-5-13(12(15)6-9)23(21,22)17-10-2-1-3-11(7-10)20-8-16-18-19-20/h1-8,17H. The predicted molar refractivity (Wildman–Crippen MR) is 76.3 cm³/mol. The number of hydrogen-bond donors (Lipinski definition) is 1. The number of halogens is 2. The normalized spacial score (nSPS) is 11.4. The highest BCUT2D eigenvalue weighted by Gasteiger charge is 2.19. The lowest BCUT2D eigenvalue weighted by Crippen LogP contribution is -2.15. The molecule has 0 unspecified atom stereocenters. The second kappa shape index (κ2) is 5.72. The Morgan fingerprint density at radius 3 is 2.61 bits per heavy atom. The van der Waals surface area contributed by atoms with Gasteiger partial charge in [0.05, 0.1) is 11.4 Å². The second-order valence-electron chi connectivity index (χ2n) is 4.48. The number of sulfonamides is 1. The van der Waals surface area contributed by atoms with Gasteiger partial charge in [-0.25, -0.2) is 21.9 Å². The molecule has 2 aromatic carbocycles. The summed E-state index contributed by atoms with van der Waals surface area (Å²) >= 11 is 0. The van der Waals surface area contributed by atoms with Gasteiger partial charge < -0.3 is 0 Å². The van der Waals surface area contributed by atoms with E-state index in [4.69, 9.17) is 0 Å². The molecule has 1 N–H and O–H groups in total. The van der Waals surface area contributed by atoms with Gasteiger partial charge in [-0.1, -0.05) is 6.07 Å². The summed E-state index contributed by atoms with van der Waals surface area (Å²) in [5, 5.41) is 10.6. The van der Waals surface area contributed by atoms with Crippen molar-refractivity contribution in [1.82, 2.24) is 20.2 Å². The average molecular weight is 337 g/mol. The van der Waals surface area contributed by atoms with Crippen molar-refractivity contribution in [3.63, 3.8) is 0 Å². The highest BCUT2D eigenvalue weighted by molar-refractivity contribution is 7.92. The van der Waals surface area contributed by atoms with E-state index in [0.29, 0.717) is 11.8 Å². The molecule has 0 radical (unpaired) electrons. The van der Waals surface area contributed by atoms with Crippen LogP contribution in [-0.2, 0) is 10.0 Å². The van der Waals surface area contributed by atoms with Crippen LogP contribution in [0.4, 0.5) is 14.5 Å². The monoisotopic (exact) mass is 337 g/mol. The first-order valence-electron chi connectivity index (χ1n) is 6.27. The van der Waals surface area contributed by atoms with Crippen LogP contribution in [0.3, 0.4) is 0 Å². The SMILES string of the molecule is O=S(=O)(Nc1cccc(-n2cnnn2)c1)c1ccc(F)cc1F. The number of nitrogens with zero attached hydrogens (tertiary/aromatic N) is 4. The summed E-state index contributed by atoms with van der Waals surface area (Å²) in [4.78, 5) is -0.647. The van der Waals surface area contributed by atoms with Crippen LogP contribution in [0.1, 0.15) is 0 Å². The summed E-state index contributed by atoms with van der Waals surface area (Å²) in [6, 6.07) is 8.42. The van der Waals surface area contributed by atoms with E-state index in [1.165, 1.54) is 23.1 Å². The molecule has 1 heterocycles. The fourth-order valence-corrected chi connectivity index (χ4v) is 3.00. The molecule has 118 valence electrons. The molecule has 23 heavy (non-hydrogen) atoms. The topological polar surface area (TPSA) is 89.8 Å². The van der Waals surface area contributed by atoms with E-state index in [1.54, 1.807) is 12.1 Å². The minimum Gasteiger partial charge on any atom is -0.279 e. The van der Waals surface area contributed by atoms with Crippen LogP contribution >= 0.6 is 0 Å². The molecule has 10 heteroatoms. The largest absolute Gasteiger partial charge is 0.279 e. The molecule has 0 saturated carbocycles. The number of tetrazole rings is 1. The third kappa shape index (κ3) is 3.16. The van der Waals surface area contributed by atoms with Gasteiger partial charge in [0.25, 0.3) is 10.0 Å². The van der Waals surface area contributed by atoms with E-state index in [-0.39, 0.29) is 5.69 Å². The van der Waals surface area contributed by atoms with Gasteiger partial charge in [-0.2, -0.15) is 0 Å². The Morgan fingerprint density at radius 1 is 1.09 bits per heavy atom. The summed E-state index contributed by atoms with van der Waals surface area (Å²) in [7, 11) is -4.20. The van der Waals surface area contributed by atoms with E-state index in [2.05, 4.69) is 20.2 Å². The molecule has 1 aromatic heterocycles. The molecule has 0 aliphatic heterocycles. The van der Waals surface area contributed by atoms with Crippen LogP contribution < -0.4 is 4.72 Å². The minimum absolute atomic E-state index is 0.182. The molecule has 3 rings (SSSR count). The van der Waals surface area contributed by atoms with Gasteiger partial charge in [-0.3, -0.25) is 4.72 Å². The first-order chi connectivity index (χ1) is 11.0. The molecule has 0 amide bonds. The molecule has 0 saturated heterocycles. The predicted octanol–water partition coefficient (Wildman–Crippen LogP) is 1.74. The van der Waals surface area contributed by atoms with Gasteiger partial charge in [0.2, 0.25) is 0 Å². The third-order valence-corrected chi connectivity index (χ3v) is 4.31. The van der Waals surface area contributed by atoms with Gasteiger partial charge in [0.15, 0.2) is 0 Å². The fraction of sp³-hybridized carbons (Fsp3) is 0. The zero-order chi connectivity index (χ0) is 16.4. The highest BCUT2D eigenvalue weighted by atomic mass is 32.2. The second-order valence-corrected chi connectivity index (χ2v) is 6.14. The molecule has 0 aliphatic carbocycles. The van der Waals surface area contributed by atoms with Crippen molar-refractivity contribution in [2.24, 2.45) is 0 Å². The maximum atomic E-state index is 13.7. The van der Waals surface area contributed by atoms with Crippen molar-refractivity contribution in [1.29, 1.82) is 0 Å². The summed E-state index contributed by atoms with van der Waals surface area (Å²) in [5.74, 6) is -2.03. The number of aromatic nitrogens is 4. The van der Waals surface area contributed by atoms with Crippen LogP contribution in [0.5, 0.6) is 0 Å². The Hall–Kier alpha value is -2.88. The Bertz CT molecular complexity index is 945. The molecule has 3 aromatic rings. The lowest BCUT2D eigenvalue weighted by atomic mass is 10.3. The number of nitrogens with one attached hydrogen (secondary N) is 1. The maximum Gasteiger partial charge on any atom is 0.264 e. The Kier molecular flexibility index (Phi) is 3.74. The van der Waals surface area contributed by atoms with Crippen molar-refractivity contribution < 1.29 is 17.2 Å². The van der Waals surface area contributed by atoms with Crippen molar-refractivity contribution in [3.05, 3.63) is 60.4 Å². The number of anilines is 1. The quantitative estimate of drug-likeness (QED) is 0.783. The van der Waals surface area contributed by atoms with E-state index in [9.17, 15) is 17.2 Å². The average Bonchev–Trinajstić information content (AvgIpc) is 3.00. The van der Waals surface area contributed by atoms with E-state index < -0.39 is 26.6 Å². The third-order valence-electron chi connectivity index (χ3n) is 2.90. The number of rotatable bonds is 4. The summed E-state index contributed by atoms with van der Waals surface area (Å²) < 4.78 is 54.5. The summed E-state index contributed by atoms with van der Waals surface area (Å²) in [6.45, 7) is 0. The highest BCUT2D eigenvalue weighted by Crippen LogP contribution is 2.21. The zero-order valence-corrected chi connectivity index (χ0v) is 12.2. The molecular weight excluding hydrogens is 328 g/mol. The van der Waals surface area contributed by atoms with Crippen molar-refractivity contribution in [2.45, 2.75) is 4.90 Å². The van der Waals surface area contributed by atoms with E-state index in [1.807, 2.05) is 0 Å². The van der Waals surface area contributed by atoms with Crippen LogP contribution in [-0.4, -0.2) is 28.6 Å². The lowest BCUT2D eigenvalue weighted by Gasteiger charge is -2.10. The smallest absolute Gasteiger partial charge is 0.264 e. The fourth-order valence-electron chi connectivity index (χ4n) is 1.89. The Morgan fingerprint density at radius 2 is 1.91 bits per heavy atom. The Labute approximate surface area is 129 Å². The van der Waals surface area contributed by atoms with Gasteiger partial charge in [-0.05, 0) is 40.8 Å². The van der Waals surface area contributed by atoms with E-state index in [0.717, 1.165) is 12.1 Å². The maximum absolute atomic E-state index is 13.7. The minimum atomic E-state index is -4.20.